The molecule has 0 radical (unpaired) electrons. The second-order valence-corrected chi connectivity index (χ2v) is 7.58. The first-order chi connectivity index (χ1) is 9.57. The van der Waals surface area contributed by atoms with E-state index in [0.29, 0.717) is 30.5 Å². The Morgan fingerprint density at radius 1 is 1.25 bits per heavy atom. The van der Waals surface area contributed by atoms with Crippen molar-refractivity contribution in [3.63, 3.8) is 0 Å². The van der Waals surface area contributed by atoms with Gasteiger partial charge >= 0.3 is 0 Å². The largest absolute Gasteiger partial charge is 0.384 e. The van der Waals surface area contributed by atoms with Crippen molar-refractivity contribution in [2.75, 3.05) is 26.8 Å². The second-order valence-electron chi connectivity index (χ2n) is 5.08. The Hall–Kier alpha value is -0.430. The Kier molecular flexibility index (Phi) is 5.60. The van der Waals surface area contributed by atoms with E-state index in [1.54, 1.807) is 23.5 Å². The Bertz CT molecular complexity index is 522. The Morgan fingerprint density at radius 2 is 1.85 bits per heavy atom. The molecule has 2 rings (SSSR count). The molecule has 0 spiro atoms. The maximum atomic E-state index is 12.5. The molecule has 0 bridgehead atoms. The lowest BCUT2D eigenvalue weighted by Gasteiger charge is -2.30. The van der Waals surface area contributed by atoms with E-state index in [9.17, 15) is 8.42 Å². The van der Waals surface area contributed by atoms with E-state index in [1.807, 2.05) is 12.1 Å². The highest BCUT2D eigenvalue weighted by atomic mass is 79.9. The Balaban J connectivity index is 2.07. The molecule has 0 atom stereocenters. The van der Waals surface area contributed by atoms with Crippen molar-refractivity contribution in [1.29, 1.82) is 0 Å². The van der Waals surface area contributed by atoms with Crippen LogP contribution < -0.4 is 0 Å². The van der Waals surface area contributed by atoms with Crippen molar-refractivity contribution in [3.8, 4) is 0 Å². The number of ether oxygens (including phenoxy) is 1. The van der Waals surface area contributed by atoms with E-state index in [0.717, 1.165) is 23.7 Å². The number of hydrogen-bond donors (Lipinski definition) is 0. The third-order valence-electron chi connectivity index (χ3n) is 3.69. The van der Waals surface area contributed by atoms with Crippen molar-refractivity contribution in [2.45, 2.75) is 23.1 Å². The molecule has 1 aromatic rings. The molecule has 0 unspecified atom stereocenters. The average molecular weight is 362 g/mol. The van der Waals surface area contributed by atoms with Crippen molar-refractivity contribution in [1.82, 2.24) is 4.31 Å². The van der Waals surface area contributed by atoms with Crippen LogP contribution in [0.15, 0.2) is 29.2 Å². The summed E-state index contributed by atoms with van der Waals surface area (Å²) in [5, 5.41) is 0.732. The summed E-state index contributed by atoms with van der Waals surface area (Å²) >= 11 is 3.36. The van der Waals surface area contributed by atoms with Crippen LogP contribution in [0, 0.1) is 5.92 Å². The number of piperidine rings is 1. The minimum Gasteiger partial charge on any atom is -0.384 e. The number of benzene rings is 1. The number of halogens is 1. The van der Waals surface area contributed by atoms with Gasteiger partial charge in [0.1, 0.15) is 0 Å². The smallest absolute Gasteiger partial charge is 0.243 e. The van der Waals surface area contributed by atoms with Gasteiger partial charge in [0, 0.05) is 32.1 Å². The van der Waals surface area contributed by atoms with E-state index in [4.69, 9.17) is 4.74 Å². The van der Waals surface area contributed by atoms with Gasteiger partial charge in [0.15, 0.2) is 0 Å². The third-order valence-corrected chi connectivity index (χ3v) is 6.25. The van der Waals surface area contributed by atoms with Crippen molar-refractivity contribution >= 4 is 26.0 Å². The number of nitrogens with zero attached hydrogens (tertiary/aromatic N) is 1. The van der Waals surface area contributed by atoms with Gasteiger partial charge in [-0.25, -0.2) is 8.42 Å². The predicted octanol–water partition coefficient (Wildman–Crippen LogP) is 2.63. The minimum atomic E-state index is -3.35. The van der Waals surface area contributed by atoms with Crippen LogP contribution >= 0.6 is 15.9 Å². The molecule has 20 heavy (non-hydrogen) atoms. The molecule has 1 aliphatic heterocycles. The minimum absolute atomic E-state index is 0.382. The fourth-order valence-electron chi connectivity index (χ4n) is 2.45. The van der Waals surface area contributed by atoms with Crippen LogP contribution in [-0.2, 0) is 20.1 Å². The highest BCUT2D eigenvalue weighted by Crippen LogP contribution is 2.24. The molecule has 1 aliphatic rings. The van der Waals surface area contributed by atoms with E-state index in [1.165, 1.54) is 0 Å². The Morgan fingerprint density at radius 3 is 2.35 bits per heavy atom. The lowest BCUT2D eigenvalue weighted by molar-refractivity contribution is 0.121. The maximum absolute atomic E-state index is 12.5. The maximum Gasteiger partial charge on any atom is 0.243 e. The summed E-state index contributed by atoms with van der Waals surface area (Å²) in [6.45, 7) is 1.88. The standard InChI is InChI=1S/C14H20BrNO3S/c1-19-11-13-6-8-16(9-7-13)20(17,18)14-4-2-12(10-15)3-5-14/h2-5,13H,6-11H2,1H3. The fraction of sp³-hybridized carbons (Fsp3) is 0.571. The van der Waals surface area contributed by atoms with Crippen LogP contribution in [0.25, 0.3) is 0 Å². The van der Waals surface area contributed by atoms with Crippen LogP contribution in [0.4, 0.5) is 0 Å². The molecule has 1 aromatic carbocycles. The van der Waals surface area contributed by atoms with E-state index >= 15 is 0 Å². The number of sulfonamides is 1. The SMILES string of the molecule is COCC1CCN(S(=O)(=O)c2ccc(CBr)cc2)CC1. The van der Waals surface area contributed by atoms with Gasteiger partial charge in [-0.15, -0.1) is 0 Å². The zero-order valence-electron chi connectivity index (χ0n) is 11.6. The van der Waals surface area contributed by atoms with Gasteiger partial charge in [-0.1, -0.05) is 28.1 Å². The number of hydrogen-bond acceptors (Lipinski definition) is 3. The molecule has 112 valence electrons. The van der Waals surface area contributed by atoms with Crippen LogP contribution in [0.5, 0.6) is 0 Å². The number of methoxy groups -OCH3 is 1. The third kappa shape index (κ3) is 3.61. The van der Waals surface area contributed by atoms with E-state index in [2.05, 4.69) is 15.9 Å². The summed E-state index contributed by atoms with van der Waals surface area (Å²) in [5.41, 5.74) is 1.07. The molecule has 0 saturated carbocycles. The summed E-state index contributed by atoms with van der Waals surface area (Å²) in [6.07, 6.45) is 1.74. The van der Waals surface area contributed by atoms with Crippen LogP contribution in [0.2, 0.25) is 0 Å². The van der Waals surface area contributed by atoms with Crippen molar-refractivity contribution in [2.24, 2.45) is 5.92 Å². The number of alkyl halides is 1. The van der Waals surface area contributed by atoms with Gasteiger partial charge < -0.3 is 4.74 Å². The van der Waals surface area contributed by atoms with Gasteiger partial charge in [0.25, 0.3) is 0 Å². The molecular weight excluding hydrogens is 342 g/mol. The summed E-state index contributed by atoms with van der Waals surface area (Å²) < 4.78 is 31.8. The van der Waals surface area contributed by atoms with E-state index < -0.39 is 10.0 Å². The van der Waals surface area contributed by atoms with Gasteiger partial charge in [0.05, 0.1) is 4.90 Å². The van der Waals surface area contributed by atoms with Crippen LogP contribution in [0.1, 0.15) is 18.4 Å². The monoisotopic (exact) mass is 361 g/mol. The van der Waals surface area contributed by atoms with Gasteiger partial charge in [0.2, 0.25) is 10.0 Å². The first-order valence-corrected chi connectivity index (χ1v) is 9.28. The molecule has 6 heteroatoms. The van der Waals surface area contributed by atoms with Gasteiger partial charge in [-0.3, -0.25) is 0 Å². The van der Waals surface area contributed by atoms with Gasteiger partial charge in [-0.05, 0) is 36.5 Å². The molecule has 1 heterocycles. The van der Waals surface area contributed by atoms with Crippen molar-refractivity contribution in [3.05, 3.63) is 29.8 Å². The molecular formula is C14H20BrNO3S. The Labute approximate surface area is 129 Å². The quantitative estimate of drug-likeness (QED) is 0.757. The van der Waals surface area contributed by atoms with Crippen molar-refractivity contribution < 1.29 is 13.2 Å². The lowest BCUT2D eigenvalue weighted by atomic mass is 9.99. The molecule has 1 fully saturated rings. The molecule has 0 N–H and O–H groups in total. The molecule has 0 amide bonds. The lowest BCUT2D eigenvalue weighted by Crippen LogP contribution is -2.39. The second kappa shape index (κ2) is 7.02. The first kappa shape index (κ1) is 15.9. The van der Waals surface area contributed by atoms with Crippen LogP contribution in [-0.4, -0.2) is 39.5 Å². The first-order valence-electron chi connectivity index (χ1n) is 6.72. The molecule has 4 nitrogen and oxygen atoms in total. The predicted molar refractivity (Wildman–Crippen MR) is 82.4 cm³/mol. The summed E-state index contributed by atoms with van der Waals surface area (Å²) in [4.78, 5) is 0.382. The fourth-order valence-corrected chi connectivity index (χ4v) is 4.30. The topological polar surface area (TPSA) is 46.6 Å². The van der Waals surface area contributed by atoms with Crippen LogP contribution in [0.3, 0.4) is 0 Å². The summed E-state index contributed by atoms with van der Waals surface area (Å²) in [6, 6.07) is 7.07. The highest BCUT2D eigenvalue weighted by Gasteiger charge is 2.29. The summed E-state index contributed by atoms with van der Waals surface area (Å²) in [7, 11) is -1.66. The zero-order valence-corrected chi connectivity index (χ0v) is 14.0. The molecule has 0 aliphatic carbocycles. The molecule has 0 aromatic heterocycles. The average Bonchev–Trinajstić information content (AvgIpc) is 2.48. The summed E-state index contributed by atoms with van der Waals surface area (Å²) in [5.74, 6) is 0.474. The molecule has 1 saturated heterocycles. The normalized spacial score (nSPS) is 18.3. The number of rotatable bonds is 5. The van der Waals surface area contributed by atoms with E-state index in [-0.39, 0.29) is 0 Å². The zero-order chi connectivity index (χ0) is 14.6. The van der Waals surface area contributed by atoms with Gasteiger partial charge in [-0.2, -0.15) is 4.31 Å². The highest BCUT2D eigenvalue weighted by molar-refractivity contribution is 9.08.